The van der Waals surface area contributed by atoms with Crippen LogP contribution in [0.5, 0.6) is 0 Å². The molecule has 4 rings (SSSR count). The van der Waals surface area contributed by atoms with Crippen molar-refractivity contribution in [3.8, 4) is 0 Å². The second kappa shape index (κ2) is 7.38. The average Bonchev–Trinajstić information content (AvgIpc) is 3.36. The molecule has 1 amide bonds. The molecule has 8 nitrogen and oxygen atoms in total. The molecule has 29 heavy (non-hydrogen) atoms. The Hall–Kier alpha value is -1.95. The molecule has 154 valence electrons. The molecule has 1 aliphatic rings. The van der Waals surface area contributed by atoms with Crippen LogP contribution in [0.3, 0.4) is 0 Å². The first-order valence-electron chi connectivity index (χ1n) is 9.15. The summed E-state index contributed by atoms with van der Waals surface area (Å²) in [6.07, 6.45) is 1.62. The van der Waals surface area contributed by atoms with Gasteiger partial charge in [0.15, 0.2) is 0 Å². The number of amides is 1. The molecule has 0 atom stereocenters. The maximum absolute atomic E-state index is 13.1. The van der Waals surface area contributed by atoms with E-state index in [2.05, 4.69) is 34.5 Å². The van der Waals surface area contributed by atoms with E-state index in [1.165, 1.54) is 15.6 Å². The van der Waals surface area contributed by atoms with Gasteiger partial charge in [-0.1, -0.05) is 26.8 Å². The van der Waals surface area contributed by atoms with E-state index in [1.807, 2.05) is 0 Å². The quantitative estimate of drug-likeness (QED) is 0.607. The van der Waals surface area contributed by atoms with Gasteiger partial charge >= 0.3 is 0 Å². The van der Waals surface area contributed by atoms with Crippen LogP contribution in [-0.4, -0.2) is 63.4 Å². The van der Waals surface area contributed by atoms with Gasteiger partial charge in [-0.15, -0.1) is 11.3 Å². The lowest BCUT2D eigenvalue weighted by Gasteiger charge is -2.33. The average molecular weight is 452 g/mol. The number of carbonyl (C=O) groups is 1. The predicted octanol–water partition coefficient (Wildman–Crippen LogP) is 2.59. The van der Waals surface area contributed by atoms with Gasteiger partial charge in [0.05, 0.1) is 22.9 Å². The van der Waals surface area contributed by atoms with Crippen LogP contribution in [0.15, 0.2) is 29.3 Å². The molecule has 1 fully saturated rings. The van der Waals surface area contributed by atoms with Gasteiger partial charge in [-0.3, -0.25) is 4.79 Å². The zero-order chi connectivity index (χ0) is 20.8. The minimum absolute atomic E-state index is 0.0964. The third-order valence-corrected chi connectivity index (χ3v) is 8.63. The summed E-state index contributed by atoms with van der Waals surface area (Å²) in [6, 6.07) is 4.98. The summed E-state index contributed by atoms with van der Waals surface area (Å²) < 4.78 is 35.9. The Kier molecular flexibility index (Phi) is 5.18. The summed E-state index contributed by atoms with van der Waals surface area (Å²) in [4.78, 5) is 19.6. The number of carbonyl (C=O) groups excluding carboxylic acids is 1. The highest BCUT2D eigenvalue weighted by Gasteiger charge is 2.33. The van der Waals surface area contributed by atoms with Crippen molar-refractivity contribution in [2.75, 3.05) is 26.2 Å². The number of thiazole rings is 1. The number of fused-ring (bicyclic) bond motifs is 1. The Morgan fingerprint density at radius 2 is 1.83 bits per heavy atom. The zero-order valence-electron chi connectivity index (χ0n) is 16.3. The smallest absolute Gasteiger partial charge is 0.265 e. The van der Waals surface area contributed by atoms with Crippen LogP contribution in [0, 0.1) is 0 Å². The predicted molar refractivity (Wildman–Crippen MR) is 113 cm³/mol. The molecule has 2 aromatic heterocycles. The third-order valence-electron chi connectivity index (χ3n) is 4.75. The summed E-state index contributed by atoms with van der Waals surface area (Å²) in [5, 5.41) is 0.909. The molecule has 0 unspecified atom stereocenters. The highest BCUT2D eigenvalue weighted by atomic mass is 32.2. The topological polar surface area (TPSA) is 96.4 Å². The highest BCUT2D eigenvalue weighted by Crippen LogP contribution is 2.28. The van der Waals surface area contributed by atoms with Gasteiger partial charge < -0.3 is 4.90 Å². The maximum Gasteiger partial charge on any atom is 0.265 e. The van der Waals surface area contributed by atoms with E-state index in [9.17, 15) is 13.2 Å². The molecule has 1 saturated heterocycles. The van der Waals surface area contributed by atoms with E-state index in [4.69, 9.17) is 0 Å². The summed E-state index contributed by atoms with van der Waals surface area (Å²) in [5.74, 6) is -0.0964. The molecule has 0 spiro atoms. The summed E-state index contributed by atoms with van der Waals surface area (Å²) in [5.41, 5.74) is 0.863. The van der Waals surface area contributed by atoms with Crippen molar-refractivity contribution >= 4 is 50.0 Å². The zero-order valence-corrected chi connectivity index (χ0v) is 18.8. The number of piperazine rings is 1. The lowest BCUT2D eigenvalue weighted by atomic mass is 9.98. The van der Waals surface area contributed by atoms with Crippen LogP contribution in [0.1, 0.15) is 35.5 Å². The Bertz CT molecular complexity index is 1150. The van der Waals surface area contributed by atoms with Gasteiger partial charge in [0.2, 0.25) is 10.0 Å². The fourth-order valence-electron chi connectivity index (χ4n) is 3.14. The van der Waals surface area contributed by atoms with Crippen molar-refractivity contribution in [1.29, 1.82) is 0 Å². The Balaban J connectivity index is 1.48. The molecular formula is C18H21N5O3S3. The van der Waals surface area contributed by atoms with Crippen LogP contribution in [0.4, 0.5) is 0 Å². The van der Waals surface area contributed by atoms with Gasteiger partial charge in [0.1, 0.15) is 20.8 Å². The number of nitrogens with zero attached hydrogens (tertiary/aromatic N) is 5. The minimum Gasteiger partial charge on any atom is -0.335 e. The van der Waals surface area contributed by atoms with Crippen molar-refractivity contribution in [2.45, 2.75) is 31.1 Å². The van der Waals surface area contributed by atoms with Crippen molar-refractivity contribution in [3.63, 3.8) is 0 Å². The summed E-state index contributed by atoms with van der Waals surface area (Å²) in [7, 11) is -3.70. The van der Waals surface area contributed by atoms with E-state index >= 15 is 0 Å². The molecule has 1 aliphatic heterocycles. The fourth-order valence-corrected chi connectivity index (χ4v) is 6.25. The SMILES string of the molecule is CC(C)(C)c1ncc(C(=O)N2CCN(S(=O)(=O)c3cccc4nsnc34)CC2)s1. The molecule has 0 saturated carbocycles. The maximum atomic E-state index is 13.1. The van der Waals surface area contributed by atoms with E-state index < -0.39 is 10.0 Å². The van der Waals surface area contributed by atoms with Gasteiger partial charge in [-0.2, -0.15) is 13.1 Å². The first-order valence-corrected chi connectivity index (χ1v) is 12.1. The van der Waals surface area contributed by atoms with Gasteiger partial charge in [-0.05, 0) is 12.1 Å². The van der Waals surface area contributed by atoms with Crippen LogP contribution in [0.25, 0.3) is 11.0 Å². The number of aromatic nitrogens is 3. The lowest BCUT2D eigenvalue weighted by molar-refractivity contribution is 0.0702. The van der Waals surface area contributed by atoms with Crippen molar-refractivity contribution in [3.05, 3.63) is 34.3 Å². The van der Waals surface area contributed by atoms with E-state index in [0.717, 1.165) is 16.7 Å². The molecule has 11 heteroatoms. The Morgan fingerprint density at radius 3 is 2.48 bits per heavy atom. The monoisotopic (exact) mass is 451 g/mol. The van der Waals surface area contributed by atoms with Gasteiger partial charge in [0, 0.05) is 31.6 Å². The highest BCUT2D eigenvalue weighted by molar-refractivity contribution is 7.89. The van der Waals surface area contributed by atoms with Crippen molar-refractivity contribution < 1.29 is 13.2 Å². The molecule has 0 aliphatic carbocycles. The second-order valence-electron chi connectivity index (χ2n) is 7.86. The normalized spacial score (nSPS) is 16.4. The van der Waals surface area contributed by atoms with E-state index in [0.29, 0.717) is 29.0 Å². The fraction of sp³-hybridized carbons (Fsp3) is 0.444. The summed E-state index contributed by atoms with van der Waals surface area (Å²) >= 11 is 2.39. The second-order valence-corrected chi connectivity index (χ2v) is 11.3. The van der Waals surface area contributed by atoms with Crippen LogP contribution in [-0.2, 0) is 15.4 Å². The number of rotatable bonds is 3. The van der Waals surface area contributed by atoms with Crippen LogP contribution < -0.4 is 0 Å². The van der Waals surface area contributed by atoms with Gasteiger partial charge in [-0.25, -0.2) is 13.4 Å². The Labute approximate surface area is 177 Å². The lowest BCUT2D eigenvalue weighted by Crippen LogP contribution is -2.50. The third kappa shape index (κ3) is 3.79. The van der Waals surface area contributed by atoms with E-state index in [-0.39, 0.29) is 29.3 Å². The standard InChI is InChI=1S/C18H21N5O3S3/c1-18(2,3)17-19-11-13(27-17)16(24)22-7-9-23(10-8-22)29(25,26)14-6-4-5-12-15(14)21-28-20-12/h4-6,11H,7-10H2,1-3H3. The molecule has 0 bridgehead atoms. The molecule has 0 radical (unpaired) electrons. The first-order chi connectivity index (χ1) is 13.7. The number of sulfonamides is 1. The molecule has 0 N–H and O–H groups in total. The van der Waals surface area contributed by atoms with Crippen LogP contribution in [0.2, 0.25) is 0 Å². The molecule has 3 heterocycles. The van der Waals surface area contributed by atoms with Crippen molar-refractivity contribution in [1.82, 2.24) is 22.9 Å². The van der Waals surface area contributed by atoms with Crippen LogP contribution >= 0.6 is 23.1 Å². The first kappa shape index (κ1) is 20.3. The number of hydrogen-bond acceptors (Lipinski definition) is 8. The molecule has 1 aromatic carbocycles. The molecular weight excluding hydrogens is 430 g/mol. The summed E-state index contributed by atoms with van der Waals surface area (Å²) in [6.45, 7) is 7.34. The Morgan fingerprint density at radius 1 is 1.10 bits per heavy atom. The van der Waals surface area contributed by atoms with E-state index in [1.54, 1.807) is 29.3 Å². The number of hydrogen-bond donors (Lipinski definition) is 0. The number of benzene rings is 1. The molecule has 3 aromatic rings. The largest absolute Gasteiger partial charge is 0.335 e. The van der Waals surface area contributed by atoms with Crippen molar-refractivity contribution in [2.24, 2.45) is 0 Å². The van der Waals surface area contributed by atoms with Gasteiger partial charge in [0.25, 0.3) is 5.91 Å². The minimum atomic E-state index is -3.70.